The van der Waals surface area contributed by atoms with Gasteiger partial charge in [-0.3, -0.25) is 4.79 Å². The molecule has 0 aromatic heterocycles. The maximum Gasteiger partial charge on any atom is 0.389 e. The summed E-state index contributed by atoms with van der Waals surface area (Å²) in [5.41, 5.74) is 5.23. The number of ketones is 1. The Bertz CT molecular complexity index is 153. The molecule has 1 atom stereocenters. The number of hydrogen-bond donors (Lipinski definition) is 1. The van der Waals surface area contributed by atoms with Gasteiger partial charge in [0, 0.05) is 18.9 Å². The zero-order valence-electron chi connectivity index (χ0n) is 6.82. The number of Topliss-reactive ketones (excluding diaryl/α,β-unsaturated/α-hetero) is 1. The fourth-order valence-electron chi connectivity index (χ4n) is 0.742. The molecule has 0 aliphatic rings. The van der Waals surface area contributed by atoms with Crippen LogP contribution in [-0.4, -0.2) is 18.0 Å². The van der Waals surface area contributed by atoms with Crippen molar-refractivity contribution in [3.05, 3.63) is 0 Å². The summed E-state index contributed by atoms with van der Waals surface area (Å²) in [6.07, 6.45) is -5.72. The Hall–Kier alpha value is -0.580. The third-order valence-electron chi connectivity index (χ3n) is 1.24. The summed E-state index contributed by atoms with van der Waals surface area (Å²) in [4.78, 5) is 10.7. The second kappa shape index (κ2) is 4.45. The van der Waals surface area contributed by atoms with Crippen LogP contribution >= 0.6 is 0 Å². The van der Waals surface area contributed by atoms with Gasteiger partial charge in [0.1, 0.15) is 5.78 Å². The van der Waals surface area contributed by atoms with Gasteiger partial charge in [0.15, 0.2) is 0 Å². The Morgan fingerprint density at radius 3 is 2.33 bits per heavy atom. The molecular formula is C7H12F3NO. The van der Waals surface area contributed by atoms with Crippen LogP contribution in [0.15, 0.2) is 0 Å². The molecule has 0 amide bonds. The molecule has 2 nitrogen and oxygen atoms in total. The van der Waals surface area contributed by atoms with Crippen LogP contribution < -0.4 is 5.73 Å². The van der Waals surface area contributed by atoms with Crippen molar-refractivity contribution in [2.75, 3.05) is 0 Å². The van der Waals surface area contributed by atoms with Gasteiger partial charge >= 0.3 is 6.18 Å². The van der Waals surface area contributed by atoms with E-state index in [1.807, 2.05) is 0 Å². The van der Waals surface area contributed by atoms with Gasteiger partial charge in [-0.2, -0.15) is 13.2 Å². The SMILES string of the molecule is CC(N)CC(=O)CCC(F)(F)F. The third kappa shape index (κ3) is 7.53. The predicted molar refractivity (Wildman–Crippen MR) is 38.6 cm³/mol. The maximum atomic E-state index is 11.6. The van der Waals surface area contributed by atoms with E-state index in [1.165, 1.54) is 0 Å². The molecule has 0 rings (SSSR count). The Morgan fingerprint density at radius 2 is 2.00 bits per heavy atom. The molecular weight excluding hydrogens is 171 g/mol. The van der Waals surface area contributed by atoms with Crippen molar-refractivity contribution in [3.8, 4) is 0 Å². The highest BCUT2D eigenvalue weighted by atomic mass is 19.4. The van der Waals surface area contributed by atoms with E-state index in [-0.39, 0.29) is 12.5 Å². The van der Waals surface area contributed by atoms with E-state index >= 15 is 0 Å². The van der Waals surface area contributed by atoms with Gasteiger partial charge in [0.25, 0.3) is 0 Å². The second-order valence-corrected chi connectivity index (χ2v) is 2.84. The van der Waals surface area contributed by atoms with E-state index in [2.05, 4.69) is 0 Å². The topological polar surface area (TPSA) is 43.1 Å². The van der Waals surface area contributed by atoms with Crippen LogP contribution in [0.25, 0.3) is 0 Å². The molecule has 0 saturated carbocycles. The number of rotatable bonds is 4. The number of carbonyl (C=O) groups excluding carboxylic acids is 1. The van der Waals surface area contributed by atoms with Gasteiger partial charge < -0.3 is 5.73 Å². The summed E-state index contributed by atoms with van der Waals surface area (Å²) >= 11 is 0. The summed E-state index contributed by atoms with van der Waals surface area (Å²) < 4.78 is 34.7. The van der Waals surface area contributed by atoms with Crippen LogP contribution in [0.2, 0.25) is 0 Å². The lowest BCUT2D eigenvalue weighted by molar-refractivity contribution is -0.143. The van der Waals surface area contributed by atoms with Gasteiger partial charge in [0.2, 0.25) is 0 Å². The number of nitrogens with two attached hydrogens (primary N) is 1. The Morgan fingerprint density at radius 1 is 1.50 bits per heavy atom. The van der Waals surface area contributed by atoms with Crippen molar-refractivity contribution in [2.45, 2.75) is 38.4 Å². The zero-order chi connectivity index (χ0) is 9.78. The van der Waals surface area contributed by atoms with Crippen LogP contribution in [-0.2, 0) is 4.79 Å². The summed E-state index contributed by atoms with van der Waals surface area (Å²) in [5.74, 6) is -0.428. The molecule has 0 radical (unpaired) electrons. The van der Waals surface area contributed by atoms with E-state index < -0.39 is 24.8 Å². The molecule has 0 aliphatic carbocycles. The number of carbonyl (C=O) groups is 1. The normalized spacial score (nSPS) is 14.4. The Kier molecular flexibility index (Phi) is 4.23. The molecule has 0 heterocycles. The predicted octanol–water partition coefficient (Wildman–Crippen LogP) is 1.64. The molecule has 5 heteroatoms. The third-order valence-corrected chi connectivity index (χ3v) is 1.24. The first-order valence-electron chi connectivity index (χ1n) is 3.65. The Balaban J connectivity index is 3.58. The fraction of sp³-hybridized carbons (Fsp3) is 0.857. The number of hydrogen-bond acceptors (Lipinski definition) is 2. The van der Waals surface area contributed by atoms with Gasteiger partial charge in [-0.15, -0.1) is 0 Å². The molecule has 0 aromatic carbocycles. The van der Waals surface area contributed by atoms with E-state index in [0.29, 0.717) is 0 Å². The van der Waals surface area contributed by atoms with Crippen LogP contribution in [0.4, 0.5) is 13.2 Å². The highest BCUT2D eigenvalue weighted by molar-refractivity contribution is 5.78. The molecule has 0 aromatic rings. The molecule has 12 heavy (non-hydrogen) atoms. The van der Waals surface area contributed by atoms with Gasteiger partial charge in [0.05, 0.1) is 6.42 Å². The summed E-state index contributed by atoms with van der Waals surface area (Å²) in [6, 6.07) is -0.356. The van der Waals surface area contributed by atoms with Crippen molar-refractivity contribution in [1.82, 2.24) is 0 Å². The minimum Gasteiger partial charge on any atom is -0.328 e. The van der Waals surface area contributed by atoms with E-state index in [0.717, 1.165) is 0 Å². The maximum absolute atomic E-state index is 11.6. The zero-order valence-corrected chi connectivity index (χ0v) is 6.82. The highest BCUT2D eigenvalue weighted by Gasteiger charge is 2.27. The molecule has 2 N–H and O–H groups in total. The monoisotopic (exact) mass is 183 g/mol. The molecule has 0 bridgehead atoms. The fourth-order valence-corrected chi connectivity index (χ4v) is 0.742. The Labute approximate surface area is 68.9 Å². The largest absolute Gasteiger partial charge is 0.389 e. The standard InChI is InChI=1S/C7H12F3NO/c1-5(11)4-6(12)2-3-7(8,9)10/h5H,2-4,11H2,1H3. The van der Waals surface area contributed by atoms with Gasteiger partial charge in [-0.05, 0) is 6.92 Å². The average molecular weight is 183 g/mol. The molecule has 1 unspecified atom stereocenters. The highest BCUT2D eigenvalue weighted by Crippen LogP contribution is 2.21. The van der Waals surface area contributed by atoms with Crippen molar-refractivity contribution in [3.63, 3.8) is 0 Å². The lowest BCUT2D eigenvalue weighted by Crippen LogP contribution is -2.20. The molecule has 0 aliphatic heterocycles. The van der Waals surface area contributed by atoms with Crippen LogP contribution in [0.1, 0.15) is 26.2 Å². The first-order chi connectivity index (χ1) is 5.31. The second-order valence-electron chi connectivity index (χ2n) is 2.84. The quantitative estimate of drug-likeness (QED) is 0.719. The van der Waals surface area contributed by atoms with Crippen LogP contribution in [0, 0.1) is 0 Å². The first-order valence-corrected chi connectivity index (χ1v) is 3.65. The van der Waals surface area contributed by atoms with Crippen molar-refractivity contribution < 1.29 is 18.0 Å². The van der Waals surface area contributed by atoms with E-state index in [4.69, 9.17) is 5.73 Å². The molecule has 0 fully saturated rings. The van der Waals surface area contributed by atoms with Gasteiger partial charge in [-0.25, -0.2) is 0 Å². The number of halogens is 3. The molecule has 72 valence electrons. The smallest absolute Gasteiger partial charge is 0.328 e. The van der Waals surface area contributed by atoms with Gasteiger partial charge in [-0.1, -0.05) is 0 Å². The van der Waals surface area contributed by atoms with Crippen molar-refractivity contribution >= 4 is 5.78 Å². The van der Waals surface area contributed by atoms with Crippen LogP contribution in [0.5, 0.6) is 0 Å². The average Bonchev–Trinajstić information content (AvgIpc) is 1.80. The van der Waals surface area contributed by atoms with E-state index in [1.54, 1.807) is 6.92 Å². The minimum absolute atomic E-state index is 0.0239. The number of alkyl halides is 3. The summed E-state index contributed by atoms with van der Waals surface area (Å²) in [7, 11) is 0. The van der Waals surface area contributed by atoms with E-state index in [9.17, 15) is 18.0 Å². The minimum atomic E-state index is -4.24. The van der Waals surface area contributed by atoms with Crippen molar-refractivity contribution in [2.24, 2.45) is 5.73 Å². The van der Waals surface area contributed by atoms with Crippen molar-refractivity contribution in [1.29, 1.82) is 0 Å². The first kappa shape index (κ1) is 11.4. The molecule has 0 saturated heterocycles. The lowest BCUT2D eigenvalue weighted by atomic mass is 10.1. The van der Waals surface area contributed by atoms with Crippen LogP contribution in [0.3, 0.4) is 0 Å². The molecule has 0 spiro atoms. The summed E-state index contributed by atoms with van der Waals surface area (Å²) in [5, 5.41) is 0. The lowest BCUT2D eigenvalue weighted by Gasteiger charge is -2.06. The summed E-state index contributed by atoms with van der Waals surface area (Å²) in [6.45, 7) is 1.59.